The highest BCUT2D eigenvalue weighted by molar-refractivity contribution is 6.05. The summed E-state index contributed by atoms with van der Waals surface area (Å²) in [6.45, 7) is 4.26. The molecule has 1 aliphatic heterocycles. The number of rotatable bonds is 5. The van der Waals surface area contributed by atoms with E-state index in [2.05, 4.69) is 30.6 Å². The Bertz CT molecular complexity index is 1510. The molecule has 9 nitrogen and oxygen atoms in total. The fraction of sp³-hybridized carbons (Fsp3) is 0.240. The van der Waals surface area contributed by atoms with Gasteiger partial charge in [-0.1, -0.05) is 6.07 Å². The summed E-state index contributed by atoms with van der Waals surface area (Å²) in [5.74, 6) is -1.19. The lowest BCUT2D eigenvalue weighted by Crippen LogP contribution is -2.37. The van der Waals surface area contributed by atoms with Gasteiger partial charge in [-0.25, -0.2) is 24.3 Å². The molecule has 2 aromatic heterocycles. The summed E-state index contributed by atoms with van der Waals surface area (Å²) in [5.41, 5.74) is 0.810. The van der Waals surface area contributed by atoms with E-state index in [1.807, 2.05) is 11.8 Å². The van der Waals surface area contributed by atoms with Crippen LogP contribution in [0.25, 0.3) is 11.0 Å². The topological polar surface area (TPSA) is 105 Å². The summed E-state index contributed by atoms with van der Waals surface area (Å²) in [5, 5.41) is 5.56. The van der Waals surface area contributed by atoms with Crippen LogP contribution in [0, 0.1) is 12.7 Å². The first-order valence-electron chi connectivity index (χ1n) is 11.6. The summed E-state index contributed by atoms with van der Waals surface area (Å²) in [6, 6.07) is 7.03. The third-order valence-corrected chi connectivity index (χ3v) is 5.94. The molecule has 0 bridgehead atoms. The van der Waals surface area contributed by atoms with Crippen molar-refractivity contribution in [2.75, 3.05) is 41.8 Å². The van der Waals surface area contributed by atoms with E-state index < -0.39 is 23.5 Å². The Morgan fingerprint density at radius 1 is 1.05 bits per heavy atom. The molecule has 1 aliphatic rings. The minimum Gasteiger partial charge on any atom is -0.378 e. The average molecular weight is 527 g/mol. The van der Waals surface area contributed by atoms with Crippen molar-refractivity contribution in [2.24, 2.45) is 0 Å². The number of benzene rings is 2. The van der Waals surface area contributed by atoms with Crippen molar-refractivity contribution in [3.05, 3.63) is 71.4 Å². The zero-order chi connectivity index (χ0) is 26.9. The van der Waals surface area contributed by atoms with Gasteiger partial charge in [0.1, 0.15) is 23.2 Å². The summed E-state index contributed by atoms with van der Waals surface area (Å²) in [6.07, 6.45) is -1.92. The minimum absolute atomic E-state index is 0.165. The van der Waals surface area contributed by atoms with Gasteiger partial charge in [0.05, 0.1) is 25.0 Å². The first-order chi connectivity index (χ1) is 18.2. The summed E-state index contributed by atoms with van der Waals surface area (Å²) >= 11 is 0. The normalized spacial score (nSPS) is 14.0. The van der Waals surface area contributed by atoms with Crippen LogP contribution in [0.4, 0.5) is 40.7 Å². The van der Waals surface area contributed by atoms with Crippen molar-refractivity contribution in [3.63, 3.8) is 0 Å². The fourth-order valence-corrected chi connectivity index (χ4v) is 3.90. The van der Waals surface area contributed by atoms with E-state index in [-0.39, 0.29) is 11.3 Å². The molecular weight excluding hydrogens is 506 g/mol. The maximum Gasteiger partial charge on any atom is 0.419 e. The molecule has 196 valence electrons. The van der Waals surface area contributed by atoms with Crippen molar-refractivity contribution < 1.29 is 27.1 Å². The van der Waals surface area contributed by atoms with Gasteiger partial charge in [-0.05, 0) is 42.8 Å². The largest absolute Gasteiger partial charge is 0.419 e. The van der Waals surface area contributed by atoms with Gasteiger partial charge in [0.25, 0.3) is 5.91 Å². The average Bonchev–Trinajstić information content (AvgIpc) is 2.90. The van der Waals surface area contributed by atoms with Crippen molar-refractivity contribution in [1.29, 1.82) is 0 Å². The lowest BCUT2D eigenvalue weighted by molar-refractivity contribution is -0.139. The second-order valence-electron chi connectivity index (χ2n) is 8.53. The Morgan fingerprint density at radius 2 is 1.84 bits per heavy atom. The van der Waals surface area contributed by atoms with Gasteiger partial charge in [-0.15, -0.1) is 0 Å². The highest BCUT2D eigenvalue weighted by atomic mass is 19.4. The van der Waals surface area contributed by atoms with Crippen molar-refractivity contribution in [2.45, 2.75) is 13.1 Å². The van der Waals surface area contributed by atoms with Crippen LogP contribution in [0.1, 0.15) is 21.5 Å². The van der Waals surface area contributed by atoms with Crippen LogP contribution in [-0.2, 0) is 10.9 Å². The maximum absolute atomic E-state index is 13.6. The SMILES string of the molecule is Cc1ccc(C(=O)Nc2ccc(F)c(C(F)(F)F)c2)cc1Nc1ncnc2cnc(N3CCOCC3)nc12. The molecular formula is C25H21F4N7O2. The number of fused-ring (bicyclic) bond motifs is 1. The van der Waals surface area contributed by atoms with Crippen LogP contribution in [0.2, 0.25) is 0 Å². The van der Waals surface area contributed by atoms with Crippen LogP contribution < -0.4 is 15.5 Å². The number of nitrogens with one attached hydrogen (secondary N) is 2. The van der Waals surface area contributed by atoms with Crippen LogP contribution in [0.5, 0.6) is 0 Å². The van der Waals surface area contributed by atoms with Gasteiger partial charge in [-0.3, -0.25) is 4.79 Å². The number of carbonyl (C=O) groups is 1. The van der Waals surface area contributed by atoms with E-state index in [0.717, 1.165) is 11.6 Å². The number of aryl methyl sites for hydroxylation is 1. The molecule has 0 saturated carbocycles. The quantitative estimate of drug-likeness (QED) is 0.360. The van der Waals surface area contributed by atoms with E-state index >= 15 is 0 Å². The molecule has 1 amide bonds. The molecule has 38 heavy (non-hydrogen) atoms. The van der Waals surface area contributed by atoms with Gasteiger partial charge in [0, 0.05) is 30.0 Å². The summed E-state index contributed by atoms with van der Waals surface area (Å²) < 4.78 is 58.1. The number of alkyl halides is 3. The second kappa shape index (κ2) is 10.2. The number of amides is 1. The van der Waals surface area contributed by atoms with Gasteiger partial charge in [0.2, 0.25) is 5.95 Å². The Balaban J connectivity index is 1.41. The van der Waals surface area contributed by atoms with Crippen LogP contribution in [-0.4, -0.2) is 52.1 Å². The molecule has 5 rings (SSSR count). The van der Waals surface area contributed by atoms with Gasteiger partial charge >= 0.3 is 6.18 Å². The van der Waals surface area contributed by atoms with Gasteiger partial charge in [-0.2, -0.15) is 13.2 Å². The van der Waals surface area contributed by atoms with E-state index in [1.165, 1.54) is 18.5 Å². The van der Waals surface area contributed by atoms with Gasteiger partial charge < -0.3 is 20.3 Å². The molecule has 1 fully saturated rings. The monoisotopic (exact) mass is 527 g/mol. The molecule has 0 radical (unpaired) electrons. The van der Waals surface area contributed by atoms with Gasteiger partial charge in [0.15, 0.2) is 5.82 Å². The predicted octanol–water partition coefficient (Wildman–Crippen LogP) is 4.72. The number of aromatic nitrogens is 4. The van der Waals surface area contributed by atoms with Crippen molar-refractivity contribution >= 4 is 40.1 Å². The molecule has 2 aromatic carbocycles. The number of halogens is 4. The molecule has 13 heteroatoms. The summed E-state index contributed by atoms with van der Waals surface area (Å²) in [7, 11) is 0. The Labute approximate surface area is 213 Å². The Hall–Kier alpha value is -4.39. The Morgan fingerprint density at radius 3 is 2.61 bits per heavy atom. The third kappa shape index (κ3) is 5.32. The number of carbonyl (C=O) groups excluding carboxylic acids is 1. The second-order valence-corrected chi connectivity index (χ2v) is 8.53. The maximum atomic E-state index is 13.6. The lowest BCUT2D eigenvalue weighted by Gasteiger charge is -2.26. The fourth-order valence-electron chi connectivity index (χ4n) is 3.90. The zero-order valence-corrected chi connectivity index (χ0v) is 20.0. The first kappa shape index (κ1) is 25.3. The van der Waals surface area contributed by atoms with E-state index in [0.29, 0.717) is 66.9 Å². The highest BCUT2D eigenvalue weighted by Crippen LogP contribution is 2.33. The molecule has 4 aromatic rings. The highest BCUT2D eigenvalue weighted by Gasteiger charge is 2.34. The number of morpholine rings is 1. The Kier molecular flexibility index (Phi) is 6.76. The van der Waals surface area contributed by atoms with E-state index in [4.69, 9.17) is 4.74 Å². The van der Waals surface area contributed by atoms with Crippen LogP contribution in [0.3, 0.4) is 0 Å². The molecule has 2 N–H and O–H groups in total. The minimum atomic E-state index is -4.89. The molecule has 0 spiro atoms. The number of ether oxygens (including phenoxy) is 1. The number of nitrogens with zero attached hydrogens (tertiary/aromatic N) is 5. The third-order valence-electron chi connectivity index (χ3n) is 5.94. The number of anilines is 4. The molecule has 0 aliphatic carbocycles. The number of hydrogen-bond donors (Lipinski definition) is 2. The predicted molar refractivity (Wildman–Crippen MR) is 132 cm³/mol. The summed E-state index contributed by atoms with van der Waals surface area (Å²) in [4.78, 5) is 32.4. The molecule has 1 saturated heterocycles. The molecule has 0 unspecified atom stereocenters. The van der Waals surface area contributed by atoms with E-state index in [1.54, 1.807) is 12.3 Å². The van der Waals surface area contributed by atoms with E-state index in [9.17, 15) is 22.4 Å². The smallest absolute Gasteiger partial charge is 0.378 e. The molecule has 0 atom stereocenters. The lowest BCUT2D eigenvalue weighted by atomic mass is 10.1. The zero-order valence-electron chi connectivity index (χ0n) is 20.0. The van der Waals surface area contributed by atoms with Crippen LogP contribution in [0.15, 0.2) is 48.9 Å². The first-order valence-corrected chi connectivity index (χ1v) is 11.6. The van der Waals surface area contributed by atoms with Crippen LogP contribution >= 0.6 is 0 Å². The standard InChI is InChI=1S/C25H21F4N7O2/c1-14-2-3-15(23(37)33-16-4-5-18(26)17(11-16)25(27,28)29)10-19(14)34-22-21-20(31-13-32-22)12-30-24(35-21)36-6-8-38-9-7-36/h2-5,10-13H,6-9H2,1H3,(H,33,37)(H,31,32,34). The van der Waals surface area contributed by atoms with Crippen molar-refractivity contribution in [1.82, 2.24) is 19.9 Å². The van der Waals surface area contributed by atoms with Crippen molar-refractivity contribution in [3.8, 4) is 0 Å². The number of hydrogen-bond acceptors (Lipinski definition) is 8. The molecule has 3 heterocycles.